The molecule has 0 aromatic heterocycles. The van der Waals surface area contributed by atoms with Crippen LogP contribution >= 0.6 is 0 Å². The summed E-state index contributed by atoms with van der Waals surface area (Å²) >= 11 is 0. The van der Waals surface area contributed by atoms with E-state index in [4.69, 9.17) is 5.73 Å². The van der Waals surface area contributed by atoms with E-state index in [1.165, 1.54) is 23.3 Å². The van der Waals surface area contributed by atoms with Gasteiger partial charge in [0.2, 0.25) is 0 Å². The van der Waals surface area contributed by atoms with E-state index in [2.05, 4.69) is 28.5 Å². The highest BCUT2D eigenvalue weighted by molar-refractivity contribution is 5.93. The fraction of sp³-hybridized carbons (Fsp3) is 0.316. The van der Waals surface area contributed by atoms with Crippen molar-refractivity contribution in [2.24, 2.45) is 10.7 Å². The molecule has 3 N–H and O–H groups in total. The number of fused-ring (bicyclic) bond motifs is 1. The number of aryl methyl sites for hydroxylation is 1. The molecule has 3 rings (SSSR count). The Bertz CT molecular complexity index is 707. The van der Waals surface area contributed by atoms with Crippen molar-refractivity contribution in [1.29, 1.82) is 0 Å². The maximum Gasteiger partial charge on any atom is 0.123 e. The van der Waals surface area contributed by atoms with Gasteiger partial charge in [0, 0.05) is 18.3 Å². The molecule has 0 fully saturated rings. The van der Waals surface area contributed by atoms with Gasteiger partial charge in [-0.2, -0.15) is 0 Å². The molecule has 2 aromatic carbocycles. The Morgan fingerprint density at radius 1 is 1.26 bits per heavy atom. The average molecular weight is 311 g/mol. The summed E-state index contributed by atoms with van der Waals surface area (Å²) < 4.78 is 12.9. The molecule has 2 aromatic rings. The molecule has 120 valence electrons. The van der Waals surface area contributed by atoms with Crippen molar-refractivity contribution in [2.45, 2.75) is 32.2 Å². The summed E-state index contributed by atoms with van der Waals surface area (Å²) in [5.74, 6) is 0.670. The largest absolute Gasteiger partial charge is 0.344 e. The lowest BCUT2D eigenvalue weighted by molar-refractivity contribution is 0.627. The number of halogens is 1. The number of anilines is 1. The number of nitrogens with zero attached hydrogens (tertiary/aromatic N) is 1. The molecule has 0 spiro atoms. The van der Waals surface area contributed by atoms with Crippen LogP contribution < -0.4 is 11.1 Å². The van der Waals surface area contributed by atoms with Gasteiger partial charge in [0.15, 0.2) is 0 Å². The van der Waals surface area contributed by atoms with E-state index in [-0.39, 0.29) is 11.9 Å². The molecule has 0 saturated carbocycles. The number of nitrogens with two attached hydrogens (primary N) is 1. The summed E-state index contributed by atoms with van der Waals surface area (Å²) in [5.41, 5.74) is 10.8. The molecular weight excluding hydrogens is 289 g/mol. The van der Waals surface area contributed by atoms with Crippen LogP contribution in [0.25, 0.3) is 0 Å². The van der Waals surface area contributed by atoms with Crippen molar-refractivity contribution in [3.8, 4) is 0 Å². The van der Waals surface area contributed by atoms with Gasteiger partial charge in [0.25, 0.3) is 0 Å². The predicted molar refractivity (Wildman–Crippen MR) is 93.4 cm³/mol. The lowest BCUT2D eigenvalue weighted by Gasteiger charge is -2.10. The van der Waals surface area contributed by atoms with Crippen LogP contribution in [0.15, 0.2) is 47.5 Å². The minimum Gasteiger partial charge on any atom is -0.344 e. The third-order valence-corrected chi connectivity index (χ3v) is 4.26. The molecule has 0 aliphatic heterocycles. The lowest BCUT2D eigenvalue weighted by Crippen LogP contribution is -2.10. The fourth-order valence-electron chi connectivity index (χ4n) is 2.96. The van der Waals surface area contributed by atoms with Gasteiger partial charge in [-0.25, -0.2) is 4.39 Å². The molecule has 1 unspecified atom stereocenters. The van der Waals surface area contributed by atoms with Crippen LogP contribution in [0.1, 0.15) is 36.1 Å². The summed E-state index contributed by atoms with van der Waals surface area (Å²) in [6.07, 6.45) is 2.90. The third-order valence-electron chi connectivity index (χ3n) is 4.26. The van der Waals surface area contributed by atoms with E-state index in [1.54, 1.807) is 12.1 Å². The van der Waals surface area contributed by atoms with E-state index < -0.39 is 0 Å². The summed E-state index contributed by atoms with van der Waals surface area (Å²) in [5, 5.41) is 3.32. The molecule has 3 nitrogen and oxygen atoms in total. The van der Waals surface area contributed by atoms with Gasteiger partial charge in [-0.3, -0.25) is 4.99 Å². The second kappa shape index (κ2) is 6.92. The van der Waals surface area contributed by atoms with E-state index in [0.29, 0.717) is 6.54 Å². The Hall–Kier alpha value is -2.20. The topological polar surface area (TPSA) is 50.4 Å². The van der Waals surface area contributed by atoms with Crippen molar-refractivity contribution in [2.75, 3.05) is 11.9 Å². The number of hydrogen-bond acceptors (Lipinski definition) is 2. The lowest BCUT2D eigenvalue weighted by atomic mass is 10.1. The Kier molecular flexibility index (Phi) is 4.72. The van der Waals surface area contributed by atoms with Crippen molar-refractivity contribution in [3.05, 3.63) is 65.0 Å². The standard InChI is InChI=1S/C19H22FN3/c1-13(22-11-10-14-2-6-16(20)7-3-14)23-17-8-4-15-5-9-19(21)18(15)12-17/h2-4,6-8,12,19H,5,9-11,21H2,1H3,(H,22,23). The monoisotopic (exact) mass is 311 g/mol. The highest BCUT2D eigenvalue weighted by atomic mass is 19.1. The normalized spacial score (nSPS) is 17.2. The second-order valence-corrected chi connectivity index (χ2v) is 6.03. The smallest absolute Gasteiger partial charge is 0.123 e. The quantitative estimate of drug-likeness (QED) is 0.666. The second-order valence-electron chi connectivity index (χ2n) is 6.03. The molecule has 0 radical (unpaired) electrons. The molecule has 1 atom stereocenters. The number of amidine groups is 1. The van der Waals surface area contributed by atoms with Crippen molar-refractivity contribution < 1.29 is 4.39 Å². The van der Waals surface area contributed by atoms with Gasteiger partial charge in [-0.15, -0.1) is 0 Å². The first-order valence-corrected chi connectivity index (χ1v) is 8.03. The highest BCUT2D eigenvalue weighted by Gasteiger charge is 2.18. The number of aliphatic imine (C=N–C) groups is 1. The van der Waals surface area contributed by atoms with Crippen molar-refractivity contribution in [3.63, 3.8) is 0 Å². The minimum atomic E-state index is -0.204. The van der Waals surface area contributed by atoms with Crippen LogP contribution in [0.5, 0.6) is 0 Å². The summed E-state index contributed by atoms with van der Waals surface area (Å²) in [4.78, 5) is 4.53. The Balaban J connectivity index is 1.57. The van der Waals surface area contributed by atoms with Crippen LogP contribution in [0.2, 0.25) is 0 Å². The first kappa shape index (κ1) is 15.7. The van der Waals surface area contributed by atoms with Gasteiger partial charge in [-0.1, -0.05) is 18.2 Å². The zero-order valence-electron chi connectivity index (χ0n) is 13.3. The van der Waals surface area contributed by atoms with Crippen LogP contribution in [0.4, 0.5) is 10.1 Å². The summed E-state index contributed by atoms with van der Waals surface area (Å²) in [6.45, 7) is 2.63. The van der Waals surface area contributed by atoms with Gasteiger partial charge >= 0.3 is 0 Å². The van der Waals surface area contributed by atoms with E-state index in [0.717, 1.165) is 36.3 Å². The molecule has 0 amide bonds. The van der Waals surface area contributed by atoms with Gasteiger partial charge in [0.1, 0.15) is 5.82 Å². The number of rotatable bonds is 4. The van der Waals surface area contributed by atoms with Crippen LogP contribution in [-0.2, 0) is 12.8 Å². The number of benzene rings is 2. The van der Waals surface area contributed by atoms with Crippen molar-refractivity contribution in [1.82, 2.24) is 0 Å². The van der Waals surface area contributed by atoms with Gasteiger partial charge in [-0.05, 0) is 67.1 Å². The Labute approximate surface area is 136 Å². The SMILES string of the molecule is CC(=NCCc1ccc(F)cc1)Nc1ccc2c(c1)C(N)CC2. The highest BCUT2D eigenvalue weighted by Crippen LogP contribution is 2.31. The fourth-order valence-corrected chi connectivity index (χ4v) is 2.96. The van der Waals surface area contributed by atoms with Crippen molar-refractivity contribution >= 4 is 11.5 Å². The predicted octanol–water partition coefficient (Wildman–Crippen LogP) is 3.84. The first-order valence-electron chi connectivity index (χ1n) is 8.03. The molecule has 23 heavy (non-hydrogen) atoms. The number of nitrogens with one attached hydrogen (secondary N) is 1. The minimum absolute atomic E-state index is 0.155. The first-order chi connectivity index (χ1) is 11.1. The third kappa shape index (κ3) is 3.96. The van der Waals surface area contributed by atoms with Crippen LogP contribution in [-0.4, -0.2) is 12.4 Å². The summed E-state index contributed by atoms with van der Waals surface area (Å²) in [7, 11) is 0. The van der Waals surface area contributed by atoms with Crippen LogP contribution in [0.3, 0.4) is 0 Å². The van der Waals surface area contributed by atoms with Gasteiger partial charge < -0.3 is 11.1 Å². The molecular formula is C19H22FN3. The molecule has 0 bridgehead atoms. The molecule has 1 aliphatic carbocycles. The Morgan fingerprint density at radius 2 is 2.04 bits per heavy atom. The maximum atomic E-state index is 12.9. The molecule has 0 saturated heterocycles. The van der Waals surface area contributed by atoms with E-state index >= 15 is 0 Å². The average Bonchev–Trinajstić information content (AvgIpc) is 2.90. The van der Waals surface area contributed by atoms with E-state index in [9.17, 15) is 4.39 Å². The molecule has 1 aliphatic rings. The molecule has 0 heterocycles. The maximum absolute atomic E-state index is 12.9. The zero-order valence-corrected chi connectivity index (χ0v) is 13.3. The molecule has 4 heteroatoms. The van der Waals surface area contributed by atoms with Gasteiger partial charge in [0.05, 0.1) is 5.84 Å². The van der Waals surface area contributed by atoms with E-state index in [1.807, 2.05) is 6.92 Å². The summed E-state index contributed by atoms with van der Waals surface area (Å²) in [6, 6.07) is 13.1. The Morgan fingerprint density at radius 3 is 2.83 bits per heavy atom. The van der Waals surface area contributed by atoms with Crippen LogP contribution in [0, 0.1) is 5.82 Å². The zero-order chi connectivity index (χ0) is 16.2. The number of hydrogen-bond donors (Lipinski definition) is 2.